The van der Waals surface area contributed by atoms with Crippen LogP contribution < -0.4 is 5.32 Å². The Morgan fingerprint density at radius 1 is 1.17 bits per heavy atom. The molecule has 0 spiro atoms. The van der Waals surface area contributed by atoms with E-state index < -0.39 is 37.3 Å². The van der Waals surface area contributed by atoms with Crippen molar-refractivity contribution in [2.75, 3.05) is 11.9 Å². The molecule has 1 aliphatic rings. The number of aryl methyl sites for hydroxylation is 1. The molecule has 1 aliphatic heterocycles. The van der Waals surface area contributed by atoms with Gasteiger partial charge in [0.05, 0.1) is 12.1 Å². The van der Waals surface area contributed by atoms with E-state index in [4.69, 9.17) is 9.84 Å². The highest BCUT2D eigenvalue weighted by Crippen LogP contribution is 2.26. The highest BCUT2D eigenvalue weighted by atomic mass is 16.6. The van der Waals surface area contributed by atoms with Crippen molar-refractivity contribution in [3.8, 4) is 0 Å². The van der Waals surface area contributed by atoms with Crippen molar-refractivity contribution in [3.63, 3.8) is 0 Å². The molecule has 0 saturated carbocycles. The summed E-state index contributed by atoms with van der Waals surface area (Å²) in [7, 11) is 0. The molecule has 24 heavy (non-hydrogen) atoms. The van der Waals surface area contributed by atoms with Crippen LogP contribution in [0.1, 0.15) is 12.5 Å². The van der Waals surface area contributed by atoms with Crippen LogP contribution in [-0.2, 0) is 11.2 Å². The molecule has 0 radical (unpaired) electrons. The van der Waals surface area contributed by atoms with Gasteiger partial charge in [-0.1, -0.05) is 13.0 Å². The number of anilines is 1. The first-order valence-electron chi connectivity index (χ1n) is 7.85. The summed E-state index contributed by atoms with van der Waals surface area (Å²) in [5, 5.41) is 43.1. The summed E-state index contributed by atoms with van der Waals surface area (Å²) in [6.45, 7) is 1.53. The summed E-state index contributed by atoms with van der Waals surface area (Å²) < 4.78 is 5.15. The molecule has 0 aliphatic carbocycles. The predicted molar refractivity (Wildman–Crippen MR) is 86.3 cm³/mol. The molecule has 2 heterocycles. The van der Waals surface area contributed by atoms with Crippen LogP contribution in [0.25, 0.3) is 10.9 Å². The molecular formula is C16H21N3O5. The van der Waals surface area contributed by atoms with Gasteiger partial charge in [-0.05, 0) is 24.1 Å². The fourth-order valence-corrected chi connectivity index (χ4v) is 2.85. The SMILES string of the molecule is CCc1ccc2ncnc(NC3C(O)O[C@H](CO)C(O)[C@@H]3O)c2c1. The lowest BCUT2D eigenvalue weighted by Crippen LogP contribution is -2.61. The number of aromatic nitrogens is 2. The van der Waals surface area contributed by atoms with E-state index in [0.29, 0.717) is 5.82 Å². The minimum Gasteiger partial charge on any atom is -0.394 e. The van der Waals surface area contributed by atoms with Crippen LogP contribution in [0.4, 0.5) is 5.82 Å². The lowest BCUT2D eigenvalue weighted by Gasteiger charge is -2.40. The Kier molecular flexibility index (Phi) is 4.93. The Morgan fingerprint density at radius 3 is 2.67 bits per heavy atom. The van der Waals surface area contributed by atoms with Crippen molar-refractivity contribution >= 4 is 16.7 Å². The van der Waals surface area contributed by atoms with E-state index in [1.165, 1.54) is 6.33 Å². The van der Waals surface area contributed by atoms with Crippen LogP contribution in [0.5, 0.6) is 0 Å². The van der Waals surface area contributed by atoms with Crippen molar-refractivity contribution in [1.29, 1.82) is 0 Å². The molecule has 130 valence electrons. The molecule has 0 bridgehead atoms. The fourth-order valence-electron chi connectivity index (χ4n) is 2.85. The number of nitrogens with zero attached hydrogens (tertiary/aromatic N) is 2. The zero-order valence-electron chi connectivity index (χ0n) is 13.2. The van der Waals surface area contributed by atoms with Crippen LogP contribution in [0.15, 0.2) is 24.5 Å². The number of hydrogen-bond donors (Lipinski definition) is 5. The third-order valence-electron chi connectivity index (χ3n) is 4.31. The summed E-state index contributed by atoms with van der Waals surface area (Å²) in [5.74, 6) is 0.427. The molecule has 1 saturated heterocycles. The van der Waals surface area contributed by atoms with Gasteiger partial charge in [0.25, 0.3) is 0 Å². The molecule has 1 aromatic carbocycles. The molecule has 3 unspecified atom stereocenters. The average molecular weight is 335 g/mol. The molecule has 3 rings (SSSR count). The number of fused-ring (bicyclic) bond motifs is 1. The van der Waals surface area contributed by atoms with E-state index in [1.807, 2.05) is 25.1 Å². The molecular weight excluding hydrogens is 314 g/mol. The smallest absolute Gasteiger partial charge is 0.178 e. The van der Waals surface area contributed by atoms with Crippen molar-refractivity contribution in [3.05, 3.63) is 30.1 Å². The molecule has 0 amide bonds. The second-order valence-electron chi connectivity index (χ2n) is 5.83. The van der Waals surface area contributed by atoms with Crippen LogP contribution >= 0.6 is 0 Å². The molecule has 5 atom stereocenters. The van der Waals surface area contributed by atoms with E-state index in [2.05, 4.69) is 15.3 Å². The number of aliphatic hydroxyl groups is 4. The monoisotopic (exact) mass is 335 g/mol. The number of ether oxygens (including phenoxy) is 1. The highest BCUT2D eigenvalue weighted by Gasteiger charge is 2.43. The van der Waals surface area contributed by atoms with Gasteiger partial charge in [0.15, 0.2) is 6.29 Å². The van der Waals surface area contributed by atoms with E-state index >= 15 is 0 Å². The van der Waals surface area contributed by atoms with E-state index in [9.17, 15) is 15.3 Å². The van der Waals surface area contributed by atoms with E-state index in [-0.39, 0.29) is 0 Å². The van der Waals surface area contributed by atoms with Gasteiger partial charge in [0, 0.05) is 5.39 Å². The van der Waals surface area contributed by atoms with Gasteiger partial charge in [-0.3, -0.25) is 0 Å². The second kappa shape index (κ2) is 6.96. The first kappa shape index (κ1) is 17.0. The van der Waals surface area contributed by atoms with Crippen LogP contribution in [0, 0.1) is 0 Å². The standard InChI is InChI=1S/C16H21N3O5/c1-2-8-3-4-10-9(5-8)15(18-7-17-10)19-12-14(22)13(21)11(6-20)24-16(12)23/h3-5,7,11-14,16,20-23H,2,6H2,1H3,(H,17,18,19)/t11-,12?,13?,14-,16?/m1/s1. The van der Waals surface area contributed by atoms with Crippen molar-refractivity contribution in [2.24, 2.45) is 0 Å². The zero-order chi connectivity index (χ0) is 17.3. The maximum absolute atomic E-state index is 10.2. The molecule has 8 heteroatoms. The van der Waals surface area contributed by atoms with Gasteiger partial charge in [-0.15, -0.1) is 0 Å². The molecule has 5 N–H and O–H groups in total. The molecule has 2 aromatic rings. The summed E-state index contributed by atoms with van der Waals surface area (Å²) in [6, 6.07) is 4.79. The Morgan fingerprint density at radius 2 is 1.96 bits per heavy atom. The predicted octanol–water partition coefficient (Wildman–Crippen LogP) is -0.596. The van der Waals surface area contributed by atoms with Crippen LogP contribution in [-0.4, -0.2) is 67.6 Å². The molecule has 8 nitrogen and oxygen atoms in total. The number of nitrogens with one attached hydrogen (secondary N) is 1. The third-order valence-corrected chi connectivity index (χ3v) is 4.31. The average Bonchev–Trinajstić information content (AvgIpc) is 2.61. The summed E-state index contributed by atoms with van der Waals surface area (Å²) >= 11 is 0. The first-order chi connectivity index (χ1) is 11.5. The number of aliphatic hydroxyl groups excluding tert-OH is 4. The van der Waals surface area contributed by atoms with E-state index in [0.717, 1.165) is 22.9 Å². The summed E-state index contributed by atoms with van der Waals surface area (Å²) in [4.78, 5) is 8.38. The van der Waals surface area contributed by atoms with Gasteiger partial charge in [-0.2, -0.15) is 0 Å². The molecule has 1 fully saturated rings. The number of benzene rings is 1. The zero-order valence-corrected chi connectivity index (χ0v) is 13.2. The lowest BCUT2D eigenvalue weighted by atomic mass is 9.97. The van der Waals surface area contributed by atoms with Crippen LogP contribution in [0.3, 0.4) is 0 Å². The summed E-state index contributed by atoms with van der Waals surface area (Å²) in [6.07, 6.45) is -2.87. The summed E-state index contributed by atoms with van der Waals surface area (Å²) in [5.41, 5.74) is 1.82. The topological polar surface area (TPSA) is 128 Å². The Bertz CT molecular complexity index is 713. The van der Waals surface area contributed by atoms with Gasteiger partial charge in [0.1, 0.15) is 36.5 Å². The highest BCUT2D eigenvalue weighted by molar-refractivity contribution is 5.89. The molecule has 1 aromatic heterocycles. The normalized spacial score (nSPS) is 30.5. The van der Waals surface area contributed by atoms with Crippen molar-refractivity contribution in [2.45, 2.75) is 44.0 Å². The minimum absolute atomic E-state index is 0.427. The second-order valence-corrected chi connectivity index (χ2v) is 5.83. The largest absolute Gasteiger partial charge is 0.394 e. The minimum atomic E-state index is -1.40. The Hall–Kier alpha value is -1.84. The van der Waals surface area contributed by atoms with Crippen molar-refractivity contribution in [1.82, 2.24) is 9.97 Å². The first-order valence-corrected chi connectivity index (χ1v) is 7.85. The third kappa shape index (κ3) is 3.06. The van der Waals surface area contributed by atoms with Crippen LogP contribution in [0.2, 0.25) is 0 Å². The maximum Gasteiger partial charge on any atom is 0.178 e. The van der Waals surface area contributed by atoms with Gasteiger partial charge < -0.3 is 30.5 Å². The van der Waals surface area contributed by atoms with E-state index in [1.54, 1.807) is 0 Å². The fraction of sp³-hybridized carbons (Fsp3) is 0.500. The quantitative estimate of drug-likeness (QED) is 0.501. The number of rotatable bonds is 4. The van der Waals surface area contributed by atoms with Gasteiger partial charge >= 0.3 is 0 Å². The Balaban J connectivity index is 1.91. The number of hydrogen-bond acceptors (Lipinski definition) is 8. The van der Waals surface area contributed by atoms with Gasteiger partial charge in [0.2, 0.25) is 0 Å². The van der Waals surface area contributed by atoms with Gasteiger partial charge in [-0.25, -0.2) is 9.97 Å². The maximum atomic E-state index is 10.2. The van der Waals surface area contributed by atoms with Crippen molar-refractivity contribution < 1.29 is 25.2 Å². The lowest BCUT2D eigenvalue weighted by molar-refractivity contribution is -0.245. The Labute approximate surface area is 138 Å².